The molecule has 1 aliphatic rings. The fourth-order valence-corrected chi connectivity index (χ4v) is 3.20. The highest BCUT2D eigenvalue weighted by Gasteiger charge is 2.14. The van der Waals surface area contributed by atoms with Gasteiger partial charge in [-0.05, 0) is 61.6 Å². The van der Waals surface area contributed by atoms with Crippen LogP contribution in [0.25, 0.3) is 0 Å². The lowest BCUT2D eigenvalue weighted by Crippen LogP contribution is -2.19. The van der Waals surface area contributed by atoms with Crippen molar-refractivity contribution >= 4 is 11.4 Å². The van der Waals surface area contributed by atoms with Crippen molar-refractivity contribution in [3.05, 3.63) is 59.2 Å². The molecule has 0 radical (unpaired) electrons. The monoisotopic (exact) mass is 280 g/mol. The van der Waals surface area contributed by atoms with Crippen LogP contribution in [0.1, 0.15) is 29.5 Å². The summed E-state index contributed by atoms with van der Waals surface area (Å²) in [4.78, 5) is 2.51. The number of benzene rings is 2. The maximum Gasteiger partial charge on any atom is 0.0421 e. The van der Waals surface area contributed by atoms with Crippen molar-refractivity contribution in [3.63, 3.8) is 0 Å². The predicted octanol–water partition coefficient (Wildman–Crippen LogP) is 4.52. The maximum absolute atomic E-state index is 3.58. The summed E-state index contributed by atoms with van der Waals surface area (Å²) in [6.07, 6.45) is 2.64. The Hall–Kier alpha value is -1.96. The Kier molecular flexibility index (Phi) is 4.14. The Morgan fingerprint density at radius 1 is 0.952 bits per heavy atom. The van der Waals surface area contributed by atoms with Crippen LogP contribution in [-0.2, 0) is 6.54 Å². The highest BCUT2D eigenvalue weighted by Crippen LogP contribution is 2.25. The second kappa shape index (κ2) is 6.21. The number of rotatable bonds is 4. The third-order valence-electron chi connectivity index (χ3n) is 4.14. The molecule has 3 rings (SSSR count). The van der Waals surface area contributed by atoms with Gasteiger partial charge in [-0.2, -0.15) is 0 Å². The lowest BCUT2D eigenvalue weighted by atomic mass is 10.1. The Labute approximate surface area is 127 Å². The Morgan fingerprint density at radius 2 is 1.62 bits per heavy atom. The van der Waals surface area contributed by atoms with Crippen LogP contribution in [0.5, 0.6) is 0 Å². The molecule has 0 aliphatic carbocycles. The third-order valence-corrected chi connectivity index (χ3v) is 4.14. The molecule has 110 valence electrons. The number of aryl methyl sites for hydroxylation is 2. The molecule has 21 heavy (non-hydrogen) atoms. The molecule has 1 heterocycles. The summed E-state index contributed by atoms with van der Waals surface area (Å²) in [5.74, 6) is 0. The summed E-state index contributed by atoms with van der Waals surface area (Å²) in [6, 6.07) is 15.4. The maximum atomic E-state index is 3.58. The summed E-state index contributed by atoms with van der Waals surface area (Å²) in [7, 11) is 0. The smallest absolute Gasteiger partial charge is 0.0421 e. The molecular formula is C19H24N2. The Morgan fingerprint density at radius 3 is 2.33 bits per heavy atom. The van der Waals surface area contributed by atoms with Gasteiger partial charge in [0.2, 0.25) is 0 Å². The van der Waals surface area contributed by atoms with E-state index in [1.165, 1.54) is 54.0 Å². The van der Waals surface area contributed by atoms with Crippen molar-refractivity contribution in [1.29, 1.82) is 0 Å². The first-order valence-corrected chi connectivity index (χ1v) is 7.87. The molecule has 1 N–H and O–H groups in total. The number of para-hydroxylation sites is 1. The lowest BCUT2D eigenvalue weighted by Gasteiger charge is -2.22. The van der Waals surface area contributed by atoms with E-state index in [0.717, 1.165) is 6.54 Å². The highest BCUT2D eigenvalue weighted by atomic mass is 15.1. The molecule has 0 atom stereocenters. The van der Waals surface area contributed by atoms with E-state index in [1.54, 1.807) is 0 Å². The third kappa shape index (κ3) is 3.38. The molecule has 2 heteroatoms. The Balaban J connectivity index is 1.75. The van der Waals surface area contributed by atoms with Crippen LogP contribution in [-0.4, -0.2) is 13.1 Å². The van der Waals surface area contributed by atoms with Crippen molar-refractivity contribution in [2.45, 2.75) is 33.2 Å². The van der Waals surface area contributed by atoms with E-state index >= 15 is 0 Å². The molecule has 0 bridgehead atoms. The van der Waals surface area contributed by atoms with Gasteiger partial charge in [0.05, 0.1) is 0 Å². The molecule has 2 aromatic rings. The van der Waals surface area contributed by atoms with Gasteiger partial charge in [-0.15, -0.1) is 0 Å². The SMILES string of the molecule is Cc1cc(C)cc(NCc2ccccc2N2CCCC2)c1. The van der Waals surface area contributed by atoms with Gasteiger partial charge >= 0.3 is 0 Å². The summed E-state index contributed by atoms with van der Waals surface area (Å²) in [6.45, 7) is 7.57. The number of anilines is 2. The minimum atomic E-state index is 0.884. The lowest BCUT2D eigenvalue weighted by molar-refractivity contribution is 0.949. The van der Waals surface area contributed by atoms with Crippen molar-refractivity contribution in [1.82, 2.24) is 0 Å². The Bertz CT molecular complexity index is 592. The summed E-state index contributed by atoms with van der Waals surface area (Å²) in [5, 5.41) is 3.58. The van der Waals surface area contributed by atoms with Crippen molar-refractivity contribution < 1.29 is 0 Å². The van der Waals surface area contributed by atoms with Crippen molar-refractivity contribution in [2.75, 3.05) is 23.3 Å². The first-order chi connectivity index (χ1) is 10.2. The summed E-state index contributed by atoms with van der Waals surface area (Å²) in [5.41, 5.74) is 6.62. The van der Waals surface area contributed by atoms with Gasteiger partial charge in [-0.1, -0.05) is 24.3 Å². The van der Waals surface area contributed by atoms with Crippen LogP contribution in [0, 0.1) is 13.8 Å². The molecule has 1 aliphatic heterocycles. The summed E-state index contributed by atoms with van der Waals surface area (Å²) < 4.78 is 0. The number of nitrogens with zero attached hydrogens (tertiary/aromatic N) is 1. The first kappa shape index (κ1) is 14.0. The van der Waals surface area contributed by atoms with Crippen LogP contribution >= 0.6 is 0 Å². The van der Waals surface area contributed by atoms with E-state index in [9.17, 15) is 0 Å². The minimum Gasteiger partial charge on any atom is -0.381 e. The molecule has 0 unspecified atom stereocenters. The standard InChI is InChI=1S/C19H24N2/c1-15-11-16(2)13-18(12-15)20-14-17-7-3-4-8-19(17)21-9-5-6-10-21/h3-4,7-8,11-13,20H,5-6,9-10,14H2,1-2H3. The molecule has 1 saturated heterocycles. The van der Waals surface area contributed by atoms with E-state index in [0.29, 0.717) is 0 Å². The molecule has 2 aromatic carbocycles. The van der Waals surface area contributed by atoms with Crippen molar-refractivity contribution in [3.8, 4) is 0 Å². The van der Waals surface area contributed by atoms with Crippen LogP contribution in [0.15, 0.2) is 42.5 Å². The molecule has 0 spiro atoms. The number of nitrogens with one attached hydrogen (secondary N) is 1. The van der Waals surface area contributed by atoms with E-state index in [4.69, 9.17) is 0 Å². The van der Waals surface area contributed by atoms with Crippen LogP contribution in [0.3, 0.4) is 0 Å². The zero-order chi connectivity index (χ0) is 14.7. The molecule has 0 saturated carbocycles. The zero-order valence-electron chi connectivity index (χ0n) is 13.0. The van der Waals surface area contributed by atoms with Crippen molar-refractivity contribution in [2.24, 2.45) is 0 Å². The van der Waals surface area contributed by atoms with Crippen LogP contribution in [0.2, 0.25) is 0 Å². The summed E-state index contributed by atoms with van der Waals surface area (Å²) >= 11 is 0. The quantitative estimate of drug-likeness (QED) is 0.886. The normalized spacial score (nSPS) is 14.5. The van der Waals surface area contributed by atoms with Gasteiger partial charge in [0.25, 0.3) is 0 Å². The number of hydrogen-bond donors (Lipinski definition) is 1. The second-order valence-corrected chi connectivity index (χ2v) is 6.05. The fourth-order valence-electron chi connectivity index (χ4n) is 3.20. The minimum absolute atomic E-state index is 0.884. The van der Waals surface area contributed by atoms with E-state index in [2.05, 4.69) is 66.5 Å². The number of hydrogen-bond acceptors (Lipinski definition) is 2. The average molecular weight is 280 g/mol. The van der Waals surface area contributed by atoms with Crippen LogP contribution < -0.4 is 10.2 Å². The van der Waals surface area contributed by atoms with Gasteiger partial charge in [0.15, 0.2) is 0 Å². The van der Waals surface area contributed by atoms with Gasteiger partial charge < -0.3 is 10.2 Å². The molecular weight excluding hydrogens is 256 g/mol. The van der Waals surface area contributed by atoms with E-state index in [-0.39, 0.29) is 0 Å². The zero-order valence-corrected chi connectivity index (χ0v) is 13.0. The molecule has 1 fully saturated rings. The van der Waals surface area contributed by atoms with E-state index in [1.807, 2.05) is 0 Å². The average Bonchev–Trinajstić information content (AvgIpc) is 2.98. The second-order valence-electron chi connectivity index (χ2n) is 6.05. The van der Waals surface area contributed by atoms with Crippen LogP contribution in [0.4, 0.5) is 11.4 Å². The fraction of sp³-hybridized carbons (Fsp3) is 0.368. The highest BCUT2D eigenvalue weighted by molar-refractivity contribution is 5.56. The van der Waals surface area contributed by atoms with Gasteiger partial charge in [0, 0.05) is 31.0 Å². The van der Waals surface area contributed by atoms with Gasteiger partial charge in [-0.25, -0.2) is 0 Å². The largest absolute Gasteiger partial charge is 0.381 e. The van der Waals surface area contributed by atoms with Gasteiger partial charge in [0.1, 0.15) is 0 Å². The van der Waals surface area contributed by atoms with Gasteiger partial charge in [-0.3, -0.25) is 0 Å². The predicted molar refractivity (Wildman–Crippen MR) is 91.1 cm³/mol. The topological polar surface area (TPSA) is 15.3 Å². The molecule has 2 nitrogen and oxygen atoms in total. The molecule has 0 aromatic heterocycles. The van der Waals surface area contributed by atoms with E-state index < -0.39 is 0 Å². The molecule has 0 amide bonds. The first-order valence-electron chi connectivity index (χ1n) is 7.87.